The summed E-state index contributed by atoms with van der Waals surface area (Å²) in [6, 6.07) is 18.0. The number of carbonyl (C=O) groups excluding carboxylic acids is 1. The molecule has 1 heterocycles. The maximum absolute atomic E-state index is 12.8. The molecule has 0 aliphatic heterocycles. The van der Waals surface area contributed by atoms with Crippen molar-refractivity contribution in [3.63, 3.8) is 0 Å². The van der Waals surface area contributed by atoms with Crippen LogP contribution in [0, 0.1) is 5.41 Å². The van der Waals surface area contributed by atoms with Crippen molar-refractivity contribution < 1.29 is 4.79 Å². The fourth-order valence-electron chi connectivity index (χ4n) is 3.11. The lowest BCUT2D eigenvalue weighted by atomic mass is 9.94. The van der Waals surface area contributed by atoms with Crippen LogP contribution in [0.5, 0.6) is 0 Å². The van der Waals surface area contributed by atoms with Gasteiger partial charge >= 0.3 is 0 Å². The van der Waals surface area contributed by atoms with Crippen molar-refractivity contribution in [2.24, 2.45) is 5.41 Å². The van der Waals surface area contributed by atoms with Gasteiger partial charge in [0.1, 0.15) is 5.82 Å². The SMILES string of the molecule is C=CCn1c([C@H](Cc2ccccc2)NC(=O)C(C)(C)C)nc2ccccc21. The Balaban J connectivity index is 2.06. The van der Waals surface area contributed by atoms with E-state index in [4.69, 9.17) is 4.98 Å². The predicted molar refractivity (Wildman–Crippen MR) is 110 cm³/mol. The van der Waals surface area contributed by atoms with Crippen LogP contribution in [0.1, 0.15) is 38.2 Å². The molecule has 1 aromatic heterocycles. The molecule has 0 unspecified atom stereocenters. The van der Waals surface area contributed by atoms with E-state index in [-0.39, 0.29) is 11.9 Å². The number of para-hydroxylation sites is 2. The van der Waals surface area contributed by atoms with Gasteiger partial charge in [-0.3, -0.25) is 4.79 Å². The van der Waals surface area contributed by atoms with Gasteiger partial charge in [0.05, 0.1) is 17.1 Å². The van der Waals surface area contributed by atoms with Crippen LogP contribution in [0.25, 0.3) is 11.0 Å². The van der Waals surface area contributed by atoms with E-state index in [1.54, 1.807) is 0 Å². The average molecular weight is 361 g/mol. The smallest absolute Gasteiger partial charge is 0.225 e. The Morgan fingerprint density at radius 2 is 1.81 bits per heavy atom. The second kappa shape index (κ2) is 7.78. The second-order valence-corrected chi connectivity index (χ2v) is 7.82. The lowest BCUT2D eigenvalue weighted by molar-refractivity contribution is -0.129. The van der Waals surface area contributed by atoms with Crippen molar-refractivity contribution in [3.8, 4) is 0 Å². The lowest BCUT2D eigenvalue weighted by Gasteiger charge is -2.25. The summed E-state index contributed by atoms with van der Waals surface area (Å²) in [5.74, 6) is 0.873. The number of fused-ring (bicyclic) bond motifs is 1. The number of imidazole rings is 1. The highest BCUT2D eigenvalue weighted by Crippen LogP contribution is 2.25. The van der Waals surface area contributed by atoms with Gasteiger partial charge in [-0.25, -0.2) is 4.98 Å². The molecule has 1 atom stereocenters. The molecular weight excluding hydrogens is 334 g/mol. The Morgan fingerprint density at radius 1 is 1.15 bits per heavy atom. The molecule has 3 rings (SSSR count). The van der Waals surface area contributed by atoms with Gasteiger partial charge in [-0.05, 0) is 24.1 Å². The number of allylic oxidation sites excluding steroid dienone is 1. The van der Waals surface area contributed by atoms with Crippen LogP contribution in [0.4, 0.5) is 0 Å². The van der Waals surface area contributed by atoms with Crippen LogP contribution in [0.3, 0.4) is 0 Å². The molecule has 0 saturated heterocycles. The van der Waals surface area contributed by atoms with Crippen molar-refractivity contribution in [2.45, 2.75) is 39.8 Å². The largest absolute Gasteiger partial charge is 0.345 e. The Kier molecular flexibility index (Phi) is 5.45. The van der Waals surface area contributed by atoms with Gasteiger partial charge in [-0.15, -0.1) is 6.58 Å². The molecule has 4 heteroatoms. The molecule has 0 aliphatic rings. The molecule has 140 valence electrons. The minimum Gasteiger partial charge on any atom is -0.345 e. The molecular formula is C23H27N3O. The quantitative estimate of drug-likeness (QED) is 0.649. The number of rotatable bonds is 6. The van der Waals surface area contributed by atoms with E-state index in [1.165, 1.54) is 0 Å². The molecule has 3 aromatic rings. The molecule has 0 aliphatic carbocycles. The van der Waals surface area contributed by atoms with Crippen LogP contribution >= 0.6 is 0 Å². The van der Waals surface area contributed by atoms with E-state index in [0.717, 1.165) is 22.4 Å². The molecule has 4 nitrogen and oxygen atoms in total. The van der Waals surface area contributed by atoms with Crippen molar-refractivity contribution in [2.75, 3.05) is 0 Å². The van der Waals surface area contributed by atoms with E-state index >= 15 is 0 Å². The number of nitrogens with zero attached hydrogens (tertiary/aromatic N) is 2. The van der Waals surface area contributed by atoms with Crippen molar-refractivity contribution in [3.05, 3.63) is 78.6 Å². The van der Waals surface area contributed by atoms with E-state index < -0.39 is 5.41 Å². The highest BCUT2D eigenvalue weighted by Gasteiger charge is 2.27. The highest BCUT2D eigenvalue weighted by atomic mass is 16.2. The van der Waals surface area contributed by atoms with Crippen LogP contribution in [-0.4, -0.2) is 15.5 Å². The van der Waals surface area contributed by atoms with Gasteiger partial charge < -0.3 is 9.88 Å². The zero-order valence-electron chi connectivity index (χ0n) is 16.3. The van der Waals surface area contributed by atoms with E-state index in [0.29, 0.717) is 13.0 Å². The number of carbonyl (C=O) groups is 1. The minimum atomic E-state index is -0.468. The third-order valence-corrected chi connectivity index (χ3v) is 4.58. The van der Waals surface area contributed by atoms with Gasteiger partial charge in [0.15, 0.2) is 0 Å². The predicted octanol–water partition coefficient (Wildman–Crippen LogP) is 4.67. The fourth-order valence-corrected chi connectivity index (χ4v) is 3.11. The summed E-state index contributed by atoms with van der Waals surface area (Å²) in [6.07, 6.45) is 2.55. The summed E-state index contributed by atoms with van der Waals surface area (Å²) in [6.45, 7) is 10.3. The first-order valence-corrected chi connectivity index (χ1v) is 9.31. The summed E-state index contributed by atoms with van der Waals surface area (Å²) in [4.78, 5) is 17.6. The Morgan fingerprint density at radius 3 is 2.48 bits per heavy atom. The van der Waals surface area contributed by atoms with Crippen molar-refractivity contribution >= 4 is 16.9 Å². The van der Waals surface area contributed by atoms with Gasteiger partial charge in [0.2, 0.25) is 5.91 Å². The normalized spacial score (nSPS) is 12.7. The Bertz CT molecular complexity index is 935. The number of hydrogen-bond acceptors (Lipinski definition) is 2. The first-order chi connectivity index (χ1) is 12.9. The van der Waals surface area contributed by atoms with Gasteiger partial charge in [0.25, 0.3) is 0 Å². The fraction of sp³-hybridized carbons (Fsp3) is 0.304. The molecule has 0 bridgehead atoms. The van der Waals surface area contributed by atoms with Gasteiger partial charge in [0, 0.05) is 12.0 Å². The molecule has 1 amide bonds. The van der Waals surface area contributed by atoms with Crippen molar-refractivity contribution in [1.29, 1.82) is 0 Å². The Hall–Kier alpha value is -2.88. The number of nitrogens with one attached hydrogen (secondary N) is 1. The first kappa shape index (κ1) is 18.9. The number of amides is 1. The van der Waals surface area contributed by atoms with Crippen LogP contribution < -0.4 is 5.32 Å². The van der Waals surface area contributed by atoms with Gasteiger partial charge in [-0.1, -0.05) is 69.3 Å². The van der Waals surface area contributed by atoms with E-state index in [2.05, 4.69) is 34.7 Å². The minimum absolute atomic E-state index is 0.0145. The topological polar surface area (TPSA) is 46.9 Å². The molecule has 0 saturated carbocycles. The van der Waals surface area contributed by atoms with Crippen LogP contribution in [0.15, 0.2) is 67.3 Å². The van der Waals surface area contributed by atoms with Crippen LogP contribution in [-0.2, 0) is 17.8 Å². The molecule has 2 aromatic carbocycles. The monoisotopic (exact) mass is 361 g/mol. The zero-order chi connectivity index (χ0) is 19.4. The highest BCUT2D eigenvalue weighted by molar-refractivity contribution is 5.82. The first-order valence-electron chi connectivity index (χ1n) is 9.31. The van der Waals surface area contributed by atoms with Crippen LogP contribution in [0.2, 0.25) is 0 Å². The number of benzene rings is 2. The zero-order valence-corrected chi connectivity index (χ0v) is 16.3. The van der Waals surface area contributed by atoms with Crippen molar-refractivity contribution in [1.82, 2.24) is 14.9 Å². The summed E-state index contributed by atoms with van der Waals surface area (Å²) in [5.41, 5.74) is 2.67. The van der Waals surface area contributed by atoms with Gasteiger partial charge in [-0.2, -0.15) is 0 Å². The van der Waals surface area contributed by atoms with E-state index in [9.17, 15) is 4.79 Å². The average Bonchev–Trinajstić information content (AvgIpc) is 3.00. The standard InChI is InChI=1S/C23H27N3O/c1-5-15-26-20-14-10-9-13-18(20)24-21(26)19(25-22(27)23(2,3)4)16-17-11-7-6-8-12-17/h5-14,19H,1,15-16H2,2-4H3,(H,25,27)/t19-/m0/s1. The molecule has 1 N–H and O–H groups in total. The molecule has 27 heavy (non-hydrogen) atoms. The molecule has 0 radical (unpaired) electrons. The summed E-state index contributed by atoms with van der Waals surface area (Å²) in [7, 11) is 0. The summed E-state index contributed by atoms with van der Waals surface area (Å²) < 4.78 is 2.14. The molecule has 0 fully saturated rings. The third-order valence-electron chi connectivity index (χ3n) is 4.58. The second-order valence-electron chi connectivity index (χ2n) is 7.82. The number of hydrogen-bond donors (Lipinski definition) is 1. The summed E-state index contributed by atoms with van der Waals surface area (Å²) >= 11 is 0. The lowest BCUT2D eigenvalue weighted by Crippen LogP contribution is -2.39. The maximum atomic E-state index is 12.8. The Labute approximate surface area is 160 Å². The van der Waals surface area contributed by atoms with E-state index in [1.807, 2.05) is 63.2 Å². The summed E-state index contributed by atoms with van der Waals surface area (Å²) in [5, 5.41) is 3.22. The maximum Gasteiger partial charge on any atom is 0.225 e. The third kappa shape index (κ3) is 4.27. The number of aromatic nitrogens is 2. The molecule has 0 spiro atoms.